The first kappa shape index (κ1) is 19.2. The van der Waals surface area contributed by atoms with Gasteiger partial charge in [0.05, 0.1) is 18.8 Å². The number of ether oxygens (including phenoxy) is 2. The second kappa shape index (κ2) is 8.89. The fourth-order valence-corrected chi connectivity index (χ4v) is 5.59. The highest BCUT2D eigenvalue weighted by Crippen LogP contribution is 2.44. The quantitative estimate of drug-likeness (QED) is 0.515. The SMILES string of the molecule is CCCCCCCCC[C@H]1C[C@@H]2C[C@@H]([C@H]3COC4(CCCCC4)O3)N1O2. The van der Waals surface area contributed by atoms with Crippen molar-refractivity contribution in [3.05, 3.63) is 0 Å². The highest BCUT2D eigenvalue weighted by atomic mass is 16.8. The van der Waals surface area contributed by atoms with Crippen molar-refractivity contribution >= 4 is 0 Å². The molecule has 26 heavy (non-hydrogen) atoms. The maximum Gasteiger partial charge on any atom is 0.168 e. The van der Waals surface area contributed by atoms with E-state index in [0.29, 0.717) is 18.2 Å². The first-order valence-corrected chi connectivity index (χ1v) is 11.6. The molecule has 1 aliphatic carbocycles. The van der Waals surface area contributed by atoms with Crippen LogP contribution in [-0.2, 0) is 14.3 Å². The molecule has 3 saturated heterocycles. The van der Waals surface area contributed by atoms with Gasteiger partial charge < -0.3 is 9.47 Å². The van der Waals surface area contributed by atoms with Gasteiger partial charge in [0.1, 0.15) is 6.10 Å². The monoisotopic (exact) mass is 365 g/mol. The van der Waals surface area contributed by atoms with E-state index in [0.717, 1.165) is 25.9 Å². The molecule has 0 radical (unpaired) electrons. The van der Waals surface area contributed by atoms with Gasteiger partial charge in [-0.2, -0.15) is 5.06 Å². The van der Waals surface area contributed by atoms with Gasteiger partial charge in [-0.3, -0.25) is 4.84 Å². The van der Waals surface area contributed by atoms with Gasteiger partial charge in [-0.15, -0.1) is 0 Å². The molecule has 150 valence electrons. The number of fused-ring (bicyclic) bond motifs is 2. The van der Waals surface area contributed by atoms with Crippen molar-refractivity contribution < 1.29 is 14.3 Å². The third kappa shape index (κ3) is 4.29. The van der Waals surface area contributed by atoms with Crippen LogP contribution < -0.4 is 0 Å². The highest BCUT2D eigenvalue weighted by Gasteiger charge is 2.53. The Bertz CT molecular complexity index is 437. The molecule has 1 unspecified atom stereocenters. The zero-order valence-corrected chi connectivity index (χ0v) is 16.8. The lowest BCUT2D eigenvalue weighted by Gasteiger charge is -2.35. The summed E-state index contributed by atoms with van der Waals surface area (Å²) in [6.07, 6.45) is 20.0. The molecule has 0 amide bonds. The van der Waals surface area contributed by atoms with Crippen LogP contribution >= 0.6 is 0 Å². The minimum absolute atomic E-state index is 0.218. The van der Waals surface area contributed by atoms with E-state index < -0.39 is 0 Å². The van der Waals surface area contributed by atoms with E-state index >= 15 is 0 Å². The zero-order chi connectivity index (χ0) is 17.8. The van der Waals surface area contributed by atoms with Crippen molar-refractivity contribution in [3.63, 3.8) is 0 Å². The third-order valence-electron chi connectivity index (χ3n) is 7.06. The molecule has 1 saturated carbocycles. The summed E-state index contributed by atoms with van der Waals surface area (Å²) in [5.41, 5.74) is 0. The summed E-state index contributed by atoms with van der Waals surface area (Å²) in [4.78, 5) is 6.19. The molecule has 2 bridgehead atoms. The first-order chi connectivity index (χ1) is 12.8. The van der Waals surface area contributed by atoms with E-state index in [1.54, 1.807) is 0 Å². The summed E-state index contributed by atoms with van der Waals surface area (Å²) in [5.74, 6) is -0.250. The third-order valence-corrected chi connectivity index (χ3v) is 7.06. The number of piperidine rings is 1. The summed E-state index contributed by atoms with van der Waals surface area (Å²) in [6, 6.07) is 1.03. The molecule has 3 heterocycles. The molecule has 4 nitrogen and oxygen atoms in total. The van der Waals surface area contributed by atoms with Crippen LogP contribution in [0, 0.1) is 0 Å². The molecule has 1 spiro atoms. The van der Waals surface area contributed by atoms with Crippen LogP contribution in [0.4, 0.5) is 0 Å². The number of hydroxylamine groups is 2. The average Bonchev–Trinajstić information content (AvgIpc) is 3.36. The Morgan fingerprint density at radius 2 is 1.69 bits per heavy atom. The van der Waals surface area contributed by atoms with E-state index in [1.807, 2.05) is 0 Å². The second-order valence-electron chi connectivity index (χ2n) is 9.13. The van der Waals surface area contributed by atoms with E-state index in [9.17, 15) is 0 Å². The largest absolute Gasteiger partial charge is 0.347 e. The molecule has 4 fully saturated rings. The van der Waals surface area contributed by atoms with Gasteiger partial charge in [0, 0.05) is 18.9 Å². The minimum Gasteiger partial charge on any atom is -0.347 e. The molecule has 0 aromatic rings. The zero-order valence-electron chi connectivity index (χ0n) is 16.8. The topological polar surface area (TPSA) is 30.9 Å². The van der Waals surface area contributed by atoms with E-state index in [-0.39, 0.29) is 11.9 Å². The smallest absolute Gasteiger partial charge is 0.168 e. The first-order valence-electron chi connectivity index (χ1n) is 11.6. The van der Waals surface area contributed by atoms with Gasteiger partial charge in [0.2, 0.25) is 0 Å². The van der Waals surface area contributed by atoms with Crippen LogP contribution in [0.25, 0.3) is 0 Å². The molecule has 0 aromatic carbocycles. The van der Waals surface area contributed by atoms with Crippen LogP contribution in [0.5, 0.6) is 0 Å². The Hall–Kier alpha value is -0.160. The Morgan fingerprint density at radius 1 is 0.923 bits per heavy atom. The molecule has 0 N–H and O–H groups in total. The lowest BCUT2D eigenvalue weighted by Crippen LogP contribution is -2.46. The predicted molar refractivity (Wildman–Crippen MR) is 103 cm³/mol. The summed E-state index contributed by atoms with van der Waals surface area (Å²) in [7, 11) is 0. The van der Waals surface area contributed by atoms with Crippen molar-refractivity contribution in [2.24, 2.45) is 0 Å². The summed E-state index contributed by atoms with van der Waals surface area (Å²) in [5, 5.41) is 2.33. The summed E-state index contributed by atoms with van der Waals surface area (Å²) >= 11 is 0. The van der Waals surface area contributed by atoms with Crippen molar-refractivity contribution in [3.8, 4) is 0 Å². The van der Waals surface area contributed by atoms with E-state index in [1.165, 1.54) is 77.0 Å². The van der Waals surface area contributed by atoms with E-state index in [4.69, 9.17) is 14.3 Å². The molecule has 5 atom stereocenters. The Balaban J connectivity index is 1.20. The molecule has 4 rings (SSSR count). The maximum atomic E-state index is 6.51. The van der Waals surface area contributed by atoms with Crippen LogP contribution in [0.3, 0.4) is 0 Å². The van der Waals surface area contributed by atoms with Crippen LogP contribution in [0.1, 0.15) is 103 Å². The van der Waals surface area contributed by atoms with Gasteiger partial charge in [-0.05, 0) is 32.1 Å². The Labute approximate surface area is 159 Å². The number of rotatable bonds is 9. The number of unbranched alkanes of at least 4 members (excludes halogenated alkanes) is 6. The highest BCUT2D eigenvalue weighted by molar-refractivity contribution is 4.97. The maximum absolute atomic E-state index is 6.51. The number of hydrogen-bond donors (Lipinski definition) is 0. The standard InChI is InChI=1S/C22H39NO3/c1-2-3-4-5-6-7-9-12-18-15-19-16-20(23(18)26-19)21-17-24-22(25-21)13-10-8-11-14-22/h18-21H,2-17H2,1H3/t18-,19+,20-,21+/m0/s1. The average molecular weight is 366 g/mol. The second-order valence-corrected chi connectivity index (χ2v) is 9.13. The van der Waals surface area contributed by atoms with Crippen LogP contribution in [0.2, 0.25) is 0 Å². The lowest BCUT2D eigenvalue weighted by molar-refractivity contribution is -0.206. The fraction of sp³-hybridized carbons (Fsp3) is 1.00. The number of nitrogens with zero attached hydrogens (tertiary/aromatic N) is 1. The van der Waals surface area contributed by atoms with Crippen molar-refractivity contribution in [2.45, 2.75) is 133 Å². The number of hydrogen-bond acceptors (Lipinski definition) is 4. The van der Waals surface area contributed by atoms with Crippen molar-refractivity contribution in [2.75, 3.05) is 6.61 Å². The lowest BCUT2D eigenvalue weighted by atomic mass is 9.91. The molecular formula is C22H39NO3. The predicted octanol–water partition coefficient (Wildman–Crippen LogP) is 5.35. The van der Waals surface area contributed by atoms with Crippen molar-refractivity contribution in [1.29, 1.82) is 0 Å². The normalized spacial score (nSPS) is 38.4. The van der Waals surface area contributed by atoms with Crippen LogP contribution in [0.15, 0.2) is 0 Å². The van der Waals surface area contributed by atoms with Gasteiger partial charge in [-0.1, -0.05) is 58.3 Å². The fourth-order valence-electron chi connectivity index (χ4n) is 5.59. The summed E-state index contributed by atoms with van der Waals surface area (Å²) < 4.78 is 12.7. The van der Waals surface area contributed by atoms with E-state index in [2.05, 4.69) is 12.0 Å². The summed E-state index contributed by atoms with van der Waals surface area (Å²) in [6.45, 7) is 3.05. The molecular weight excluding hydrogens is 326 g/mol. The minimum atomic E-state index is -0.250. The molecule has 4 aliphatic rings. The van der Waals surface area contributed by atoms with Crippen molar-refractivity contribution in [1.82, 2.24) is 5.06 Å². The molecule has 4 heteroatoms. The Morgan fingerprint density at radius 3 is 2.46 bits per heavy atom. The van der Waals surface area contributed by atoms with Crippen LogP contribution in [-0.4, -0.2) is 41.7 Å². The Kier molecular flexibility index (Phi) is 6.56. The molecule has 3 aliphatic heterocycles. The van der Waals surface area contributed by atoms with Gasteiger partial charge >= 0.3 is 0 Å². The molecule has 0 aromatic heterocycles. The van der Waals surface area contributed by atoms with Gasteiger partial charge in [0.15, 0.2) is 5.79 Å². The van der Waals surface area contributed by atoms with Gasteiger partial charge in [0.25, 0.3) is 0 Å². The van der Waals surface area contributed by atoms with Gasteiger partial charge in [-0.25, -0.2) is 0 Å².